The van der Waals surface area contributed by atoms with Gasteiger partial charge in [0.2, 0.25) is 0 Å². The summed E-state index contributed by atoms with van der Waals surface area (Å²) < 4.78 is 0. The van der Waals surface area contributed by atoms with Crippen LogP contribution in [-0.2, 0) is 6.54 Å². The minimum Gasteiger partial charge on any atom is -0.329 e. The van der Waals surface area contributed by atoms with E-state index >= 15 is 0 Å². The van der Waals surface area contributed by atoms with Gasteiger partial charge in [-0.05, 0) is 43.7 Å². The molecule has 1 aliphatic carbocycles. The van der Waals surface area contributed by atoms with Crippen molar-refractivity contribution in [1.29, 1.82) is 0 Å². The van der Waals surface area contributed by atoms with Crippen molar-refractivity contribution < 1.29 is 0 Å². The SMILES string of the molecule is NCCN1CCC[C@@H](CN(Cc2ccccc2)C2CC2)C1. The number of nitrogens with zero attached hydrogens (tertiary/aromatic N) is 2. The molecule has 0 aromatic heterocycles. The highest BCUT2D eigenvalue weighted by Crippen LogP contribution is 2.30. The molecule has 1 aromatic rings. The molecule has 0 spiro atoms. The summed E-state index contributed by atoms with van der Waals surface area (Å²) in [5.41, 5.74) is 7.17. The average Bonchev–Trinajstić information content (AvgIpc) is 3.33. The first-order chi connectivity index (χ1) is 10.3. The lowest BCUT2D eigenvalue weighted by Crippen LogP contribution is -2.43. The zero-order chi connectivity index (χ0) is 14.5. The van der Waals surface area contributed by atoms with Gasteiger partial charge >= 0.3 is 0 Å². The molecule has 0 bridgehead atoms. The van der Waals surface area contributed by atoms with Gasteiger partial charge in [-0.15, -0.1) is 0 Å². The number of piperidine rings is 1. The zero-order valence-electron chi connectivity index (χ0n) is 13.1. The van der Waals surface area contributed by atoms with E-state index in [1.54, 1.807) is 0 Å². The first-order valence-electron chi connectivity index (χ1n) is 8.55. The van der Waals surface area contributed by atoms with Gasteiger partial charge in [0.25, 0.3) is 0 Å². The van der Waals surface area contributed by atoms with Crippen molar-refractivity contribution in [3.05, 3.63) is 35.9 Å². The highest BCUT2D eigenvalue weighted by molar-refractivity contribution is 5.15. The first kappa shape index (κ1) is 15.0. The van der Waals surface area contributed by atoms with Crippen LogP contribution in [0.1, 0.15) is 31.2 Å². The smallest absolute Gasteiger partial charge is 0.0236 e. The maximum Gasteiger partial charge on any atom is 0.0236 e. The fourth-order valence-corrected chi connectivity index (χ4v) is 3.62. The van der Waals surface area contributed by atoms with E-state index in [9.17, 15) is 0 Å². The molecule has 1 saturated carbocycles. The van der Waals surface area contributed by atoms with Crippen LogP contribution < -0.4 is 5.73 Å². The van der Waals surface area contributed by atoms with Crippen molar-refractivity contribution in [2.24, 2.45) is 11.7 Å². The van der Waals surface area contributed by atoms with Crippen molar-refractivity contribution in [3.8, 4) is 0 Å². The van der Waals surface area contributed by atoms with E-state index in [4.69, 9.17) is 5.73 Å². The van der Waals surface area contributed by atoms with E-state index in [1.807, 2.05) is 0 Å². The molecule has 1 heterocycles. The lowest BCUT2D eigenvalue weighted by Gasteiger charge is -2.35. The van der Waals surface area contributed by atoms with E-state index in [0.29, 0.717) is 0 Å². The van der Waals surface area contributed by atoms with Crippen LogP contribution in [0.25, 0.3) is 0 Å². The molecule has 0 radical (unpaired) electrons. The van der Waals surface area contributed by atoms with Crippen LogP contribution in [0.2, 0.25) is 0 Å². The van der Waals surface area contributed by atoms with Crippen LogP contribution in [0.4, 0.5) is 0 Å². The summed E-state index contributed by atoms with van der Waals surface area (Å²) in [6, 6.07) is 11.8. The van der Waals surface area contributed by atoms with E-state index < -0.39 is 0 Å². The molecule has 116 valence electrons. The Morgan fingerprint density at radius 3 is 2.67 bits per heavy atom. The Kier molecular flexibility index (Phi) is 5.28. The van der Waals surface area contributed by atoms with Gasteiger partial charge in [-0.25, -0.2) is 0 Å². The molecule has 21 heavy (non-hydrogen) atoms. The third-order valence-corrected chi connectivity index (χ3v) is 4.83. The second-order valence-electron chi connectivity index (χ2n) is 6.74. The monoisotopic (exact) mass is 287 g/mol. The minimum atomic E-state index is 0.795. The van der Waals surface area contributed by atoms with Crippen molar-refractivity contribution in [2.45, 2.75) is 38.3 Å². The summed E-state index contributed by atoms with van der Waals surface area (Å²) >= 11 is 0. The topological polar surface area (TPSA) is 32.5 Å². The quantitative estimate of drug-likeness (QED) is 0.835. The summed E-state index contributed by atoms with van der Waals surface area (Å²) in [6.07, 6.45) is 5.52. The fourth-order valence-electron chi connectivity index (χ4n) is 3.62. The number of hydrogen-bond donors (Lipinski definition) is 1. The molecular weight excluding hydrogens is 258 g/mol. The van der Waals surface area contributed by atoms with Crippen molar-refractivity contribution in [3.63, 3.8) is 0 Å². The van der Waals surface area contributed by atoms with Crippen LogP contribution in [0.3, 0.4) is 0 Å². The van der Waals surface area contributed by atoms with E-state index in [1.165, 1.54) is 50.9 Å². The molecule has 3 nitrogen and oxygen atoms in total. The Morgan fingerprint density at radius 1 is 1.14 bits per heavy atom. The van der Waals surface area contributed by atoms with Gasteiger partial charge in [0.1, 0.15) is 0 Å². The zero-order valence-corrected chi connectivity index (χ0v) is 13.1. The maximum absolute atomic E-state index is 5.71. The Bertz CT molecular complexity index is 414. The minimum absolute atomic E-state index is 0.795. The lowest BCUT2D eigenvalue weighted by molar-refractivity contribution is 0.128. The molecule has 3 heteroatoms. The lowest BCUT2D eigenvalue weighted by atomic mass is 9.97. The van der Waals surface area contributed by atoms with E-state index in [-0.39, 0.29) is 0 Å². The normalized spacial score (nSPS) is 23.6. The second kappa shape index (κ2) is 7.39. The summed E-state index contributed by atoms with van der Waals surface area (Å²) in [5, 5.41) is 0. The van der Waals surface area contributed by atoms with Gasteiger partial charge in [0.15, 0.2) is 0 Å². The number of nitrogens with two attached hydrogens (primary N) is 1. The molecule has 1 atom stereocenters. The largest absolute Gasteiger partial charge is 0.329 e. The predicted molar refractivity (Wildman–Crippen MR) is 88.1 cm³/mol. The van der Waals surface area contributed by atoms with Gasteiger partial charge < -0.3 is 10.6 Å². The molecule has 2 aliphatic rings. The highest BCUT2D eigenvalue weighted by Gasteiger charge is 2.31. The average molecular weight is 287 g/mol. The Hall–Kier alpha value is -0.900. The molecule has 1 aliphatic heterocycles. The van der Waals surface area contributed by atoms with Crippen LogP contribution >= 0.6 is 0 Å². The van der Waals surface area contributed by atoms with Crippen molar-refractivity contribution in [2.75, 3.05) is 32.7 Å². The van der Waals surface area contributed by atoms with Crippen LogP contribution in [0, 0.1) is 5.92 Å². The Labute approximate surface area is 129 Å². The Balaban J connectivity index is 1.55. The van der Waals surface area contributed by atoms with Crippen LogP contribution in [-0.4, -0.2) is 48.6 Å². The Morgan fingerprint density at radius 2 is 1.95 bits per heavy atom. The second-order valence-corrected chi connectivity index (χ2v) is 6.74. The molecule has 1 aromatic carbocycles. The van der Waals surface area contributed by atoms with Gasteiger partial charge in [-0.2, -0.15) is 0 Å². The molecule has 2 N–H and O–H groups in total. The standard InChI is InChI=1S/C18H29N3/c19-10-12-20-11-4-7-17(13-20)15-21(18-8-9-18)14-16-5-2-1-3-6-16/h1-3,5-6,17-18H,4,7-15,19H2/t17-/m1/s1. The van der Waals surface area contributed by atoms with E-state index in [0.717, 1.165) is 31.6 Å². The van der Waals surface area contributed by atoms with Gasteiger partial charge in [-0.1, -0.05) is 30.3 Å². The number of benzene rings is 1. The number of likely N-dealkylation sites (tertiary alicyclic amines) is 1. The molecule has 2 fully saturated rings. The van der Waals surface area contributed by atoms with Crippen molar-refractivity contribution >= 4 is 0 Å². The highest BCUT2D eigenvalue weighted by atomic mass is 15.2. The fraction of sp³-hybridized carbons (Fsp3) is 0.667. The van der Waals surface area contributed by atoms with Crippen LogP contribution in [0.5, 0.6) is 0 Å². The molecule has 0 unspecified atom stereocenters. The summed E-state index contributed by atoms with van der Waals surface area (Å²) in [6.45, 7) is 6.74. The molecular formula is C18H29N3. The van der Waals surface area contributed by atoms with Gasteiger partial charge in [0.05, 0.1) is 0 Å². The summed E-state index contributed by atoms with van der Waals surface area (Å²) in [7, 11) is 0. The summed E-state index contributed by atoms with van der Waals surface area (Å²) in [5.74, 6) is 0.828. The predicted octanol–water partition coefficient (Wildman–Crippen LogP) is 2.32. The maximum atomic E-state index is 5.71. The third kappa shape index (κ3) is 4.53. The number of rotatable bonds is 7. The van der Waals surface area contributed by atoms with Crippen molar-refractivity contribution in [1.82, 2.24) is 9.80 Å². The molecule has 0 amide bonds. The molecule has 1 saturated heterocycles. The third-order valence-electron chi connectivity index (χ3n) is 4.83. The molecule has 3 rings (SSSR count). The van der Waals surface area contributed by atoms with Gasteiger partial charge in [0, 0.05) is 38.8 Å². The number of hydrogen-bond acceptors (Lipinski definition) is 3. The van der Waals surface area contributed by atoms with Gasteiger partial charge in [-0.3, -0.25) is 4.90 Å². The van der Waals surface area contributed by atoms with E-state index in [2.05, 4.69) is 40.1 Å². The van der Waals surface area contributed by atoms with Crippen LogP contribution in [0.15, 0.2) is 30.3 Å². The first-order valence-corrected chi connectivity index (χ1v) is 8.55. The summed E-state index contributed by atoms with van der Waals surface area (Å²) in [4.78, 5) is 5.29.